The van der Waals surface area contributed by atoms with Gasteiger partial charge in [-0.2, -0.15) is 5.26 Å². The molecule has 0 aromatic rings. The van der Waals surface area contributed by atoms with Gasteiger partial charge in [-0.05, 0) is 32.2 Å². The summed E-state index contributed by atoms with van der Waals surface area (Å²) in [6, 6.07) is 2.00. The maximum atomic E-state index is 11.9. The van der Waals surface area contributed by atoms with Crippen molar-refractivity contribution < 1.29 is 4.79 Å². The number of nitrogens with one attached hydrogen (secondary N) is 1. The van der Waals surface area contributed by atoms with Gasteiger partial charge in [-0.15, -0.1) is 12.4 Å². The van der Waals surface area contributed by atoms with Crippen LogP contribution < -0.4 is 5.32 Å². The van der Waals surface area contributed by atoms with Gasteiger partial charge in [-0.3, -0.25) is 4.79 Å². The molecule has 2 saturated heterocycles. The Hall–Kier alpha value is -0.790. The summed E-state index contributed by atoms with van der Waals surface area (Å²) in [5.74, 6) is 0.131. The first-order valence-corrected chi connectivity index (χ1v) is 5.26. The molecule has 0 aliphatic carbocycles. The van der Waals surface area contributed by atoms with Crippen molar-refractivity contribution in [1.29, 1.82) is 5.26 Å². The van der Waals surface area contributed by atoms with E-state index in [1.165, 1.54) is 0 Å². The maximum Gasteiger partial charge on any atom is 0.240 e. The number of hydrogen-bond donors (Lipinski definition) is 1. The van der Waals surface area contributed by atoms with E-state index in [1.807, 2.05) is 0 Å². The van der Waals surface area contributed by atoms with Gasteiger partial charge in [0.2, 0.25) is 5.91 Å². The molecule has 1 amide bonds. The third-order valence-corrected chi connectivity index (χ3v) is 3.04. The van der Waals surface area contributed by atoms with E-state index in [9.17, 15) is 4.79 Å². The van der Waals surface area contributed by atoms with Crippen LogP contribution in [0.15, 0.2) is 0 Å². The standard InChI is InChI=1S/C10H15N3O.ClH/c11-7-8-3-2-6-13(8)10(14)9-4-1-5-12-9;/h8-9,12H,1-6H2;1H/t8-,9-;/m0./s1. The van der Waals surface area contributed by atoms with Crippen molar-refractivity contribution in [3.05, 3.63) is 0 Å². The monoisotopic (exact) mass is 229 g/mol. The van der Waals surface area contributed by atoms with E-state index in [0.717, 1.165) is 38.8 Å². The fourth-order valence-corrected chi connectivity index (χ4v) is 2.26. The Morgan fingerprint density at radius 3 is 2.80 bits per heavy atom. The Kier molecular flexibility index (Phi) is 4.37. The number of nitrogens with zero attached hydrogens (tertiary/aromatic N) is 2. The molecule has 0 aromatic carbocycles. The van der Waals surface area contributed by atoms with E-state index >= 15 is 0 Å². The summed E-state index contributed by atoms with van der Waals surface area (Å²) in [5.41, 5.74) is 0. The van der Waals surface area contributed by atoms with E-state index in [2.05, 4.69) is 11.4 Å². The largest absolute Gasteiger partial charge is 0.325 e. The fraction of sp³-hybridized carbons (Fsp3) is 0.800. The third kappa shape index (κ3) is 2.42. The molecule has 2 fully saturated rings. The molecule has 2 aliphatic heterocycles. The van der Waals surface area contributed by atoms with Gasteiger partial charge >= 0.3 is 0 Å². The number of nitriles is 1. The van der Waals surface area contributed by atoms with Crippen molar-refractivity contribution in [2.75, 3.05) is 13.1 Å². The van der Waals surface area contributed by atoms with Gasteiger partial charge in [0.15, 0.2) is 0 Å². The Morgan fingerprint density at radius 2 is 2.20 bits per heavy atom. The van der Waals surface area contributed by atoms with E-state index in [1.54, 1.807) is 4.90 Å². The van der Waals surface area contributed by atoms with Crippen LogP contribution in [0.4, 0.5) is 0 Å². The SMILES string of the molecule is Cl.N#C[C@@H]1CCCN1C(=O)[C@@H]1CCCN1. The molecule has 1 N–H and O–H groups in total. The molecule has 2 rings (SSSR count). The van der Waals surface area contributed by atoms with Gasteiger partial charge in [0, 0.05) is 6.54 Å². The number of carbonyl (C=O) groups excluding carboxylic acids is 1. The van der Waals surface area contributed by atoms with Crippen molar-refractivity contribution in [2.45, 2.75) is 37.8 Å². The number of carbonyl (C=O) groups is 1. The zero-order chi connectivity index (χ0) is 9.97. The first-order valence-electron chi connectivity index (χ1n) is 5.26. The van der Waals surface area contributed by atoms with Gasteiger partial charge in [-0.1, -0.05) is 0 Å². The molecule has 0 radical (unpaired) electrons. The van der Waals surface area contributed by atoms with Crippen LogP contribution in [-0.4, -0.2) is 36.0 Å². The highest BCUT2D eigenvalue weighted by molar-refractivity contribution is 5.85. The van der Waals surface area contributed by atoms with Crippen LogP contribution in [0.3, 0.4) is 0 Å². The number of hydrogen-bond acceptors (Lipinski definition) is 3. The summed E-state index contributed by atoms with van der Waals surface area (Å²) in [6.07, 6.45) is 3.81. The highest BCUT2D eigenvalue weighted by atomic mass is 35.5. The summed E-state index contributed by atoms with van der Waals surface area (Å²) < 4.78 is 0. The van der Waals surface area contributed by atoms with Gasteiger partial charge in [0.1, 0.15) is 6.04 Å². The highest BCUT2D eigenvalue weighted by Crippen LogP contribution is 2.19. The van der Waals surface area contributed by atoms with Gasteiger partial charge in [0.25, 0.3) is 0 Å². The van der Waals surface area contributed by atoms with Crippen molar-refractivity contribution in [2.24, 2.45) is 0 Å². The molecule has 15 heavy (non-hydrogen) atoms. The lowest BCUT2D eigenvalue weighted by atomic mass is 10.2. The molecule has 2 heterocycles. The van der Waals surface area contributed by atoms with Crippen molar-refractivity contribution in [1.82, 2.24) is 10.2 Å². The summed E-state index contributed by atoms with van der Waals surface area (Å²) in [6.45, 7) is 1.69. The fourth-order valence-electron chi connectivity index (χ4n) is 2.26. The quantitative estimate of drug-likeness (QED) is 0.719. The second-order valence-electron chi connectivity index (χ2n) is 3.97. The minimum atomic E-state index is -0.176. The van der Waals surface area contributed by atoms with E-state index in [-0.39, 0.29) is 30.4 Å². The molecule has 0 spiro atoms. The molecule has 4 nitrogen and oxygen atoms in total. The molecule has 5 heteroatoms. The zero-order valence-corrected chi connectivity index (χ0v) is 9.42. The molecule has 0 unspecified atom stereocenters. The van der Waals surface area contributed by atoms with Crippen molar-refractivity contribution in [3.63, 3.8) is 0 Å². The lowest BCUT2D eigenvalue weighted by molar-refractivity contribution is -0.133. The van der Waals surface area contributed by atoms with Gasteiger partial charge in [0.05, 0.1) is 12.1 Å². The third-order valence-electron chi connectivity index (χ3n) is 3.04. The molecular formula is C10H16ClN3O. The first-order chi connectivity index (χ1) is 6.83. The topological polar surface area (TPSA) is 56.1 Å². The van der Waals surface area contributed by atoms with Crippen LogP contribution >= 0.6 is 12.4 Å². The summed E-state index contributed by atoms with van der Waals surface area (Å²) in [4.78, 5) is 13.7. The normalized spacial score (nSPS) is 29.7. The maximum absolute atomic E-state index is 11.9. The second-order valence-corrected chi connectivity index (χ2v) is 3.97. The number of halogens is 1. The molecule has 0 saturated carbocycles. The first kappa shape index (κ1) is 12.3. The average Bonchev–Trinajstić information content (AvgIpc) is 2.87. The molecular weight excluding hydrogens is 214 g/mol. The van der Waals surface area contributed by atoms with Crippen LogP contribution in [-0.2, 0) is 4.79 Å². The molecule has 0 aromatic heterocycles. The Bertz CT molecular complexity index is 270. The number of amides is 1. The second kappa shape index (κ2) is 5.34. The lowest BCUT2D eigenvalue weighted by Crippen LogP contribution is -2.45. The Labute approximate surface area is 96.0 Å². The van der Waals surface area contributed by atoms with E-state index < -0.39 is 0 Å². The average molecular weight is 230 g/mol. The van der Waals surface area contributed by atoms with Crippen molar-refractivity contribution in [3.8, 4) is 6.07 Å². The van der Waals surface area contributed by atoms with E-state index in [4.69, 9.17) is 5.26 Å². The van der Waals surface area contributed by atoms with Crippen LogP contribution in [0.25, 0.3) is 0 Å². The van der Waals surface area contributed by atoms with Gasteiger partial charge < -0.3 is 10.2 Å². The van der Waals surface area contributed by atoms with Crippen LogP contribution in [0.1, 0.15) is 25.7 Å². The summed E-state index contributed by atoms with van der Waals surface area (Å²) in [7, 11) is 0. The Balaban J connectivity index is 0.00000112. The predicted octanol–water partition coefficient (Wildman–Crippen LogP) is 0.675. The molecule has 84 valence electrons. The molecule has 2 atom stereocenters. The minimum absolute atomic E-state index is 0. The molecule has 2 aliphatic rings. The van der Waals surface area contributed by atoms with E-state index in [0.29, 0.717) is 0 Å². The summed E-state index contributed by atoms with van der Waals surface area (Å²) >= 11 is 0. The number of likely N-dealkylation sites (tertiary alicyclic amines) is 1. The zero-order valence-electron chi connectivity index (χ0n) is 8.61. The van der Waals surface area contributed by atoms with Crippen LogP contribution in [0.2, 0.25) is 0 Å². The Morgan fingerprint density at radius 1 is 1.40 bits per heavy atom. The van der Waals surface area contributed by atoms with Crippen LogP contribution in [0, 0.1) is 11.3 Å². The molecule has 0 bridgehead atoms. The van der Waals surface area contributed by atoms with Gasteiger partial charge in [-0.25, -0.2) is 0 Å². The van der Waals surface area contributed by atoms with Crippen molar-refractivity contribution >= 4 is 18.3 Å². The predicted molar refractivity (Wildman–Crippen MR) is 58.6 cm³/mol. The van der Waals surface area contributed by atoms with Crippen LogP contribution in [0.5, 0.6) is 0 Å². The number of rotatable bonds is 1. The highest BCUT2D eigenvalue weighted by Gasteiger charge is 2.33. The summed E-state index contributed by atoms with van der Waals surface area (Å²) in [5, 5.41) is 12.0. The smallest absolute Gasteiger partial charge is 0.240 e. The minimum Gasteiger partial charge on any atom is -0.325 e. The lowest BCUT2D eigenvalue weighted by Gasteiger charge is -2.23.